The van der Waals surface area contributed by atoms with E-state index >= 15 is 0 Å². The normalized spacial score (nSPS) is 11.6. The topological polar surface area (TPSA) is 12.5 Å². The minimum absolute atomic E-state index is 0.730. The molecule has 0 rings (SSSR count). The van der Waals surface area contributed by atoms with Crippen molar-refractivity contribution in [3.8, 4) is 0 Å². The fourth-order valence-electron chi connectivity index (χ4n) is 0.615. The number of methoxy groups -OCH3 is 1. The molecular weight excluding hydrogens is 126 g/mol. The third kappa shape index (κ3) is 7.66. The van der Waals surface area contributed by atoms with E-state index in [4.69, 9.17) is 4.74 Å². The molecule has 0 saturated heterocycles. The van der Waals surface area contributed by atoms with E-state index in [1.807, 2.05) is 6.08 Å². The maximum Gasteiger partial charge on any atom is 0.0643 e. The Kier molecular flexibility index (Phi) is 6.55. The highest BCUT2D eigenvalue weighted by Gasteiger charge is 1.83. The fraction of sp³-hybridized carbons (Fsp3) is 0.750. The van der Waals surface area contributed by atoms with Gasteiger partial charge in [0.15, 0.2) is 0 Å². The molecule has 0 fully saturated rings. The number of hydrogen-bond donors (Lipinski definition) is 0. The fourth-order valence-corrected chi connectivity index (χ4v) is 0.615. The summed E-state index contributed by atoms with van der Waals surface area (Å²) in [7, 11) is 5.85. The van der Waals surface area contributed by atoms with Crippen LogP contribution in [0, 0.1) is 0 Å². The molecule has 0 aromatic rings. The van der Waals surface area contributed by atoms with Crippen molar-refractivity contribution in [3.05, 3.63) is 12.2 Å². The van der Waals surface area contributed by atoms with E-state index in [9.17, 15) is 0 Å². The second-order valence-corrected chi connectivity index (χ2v) is 2.52. The average molecular weight is 143 g/mol. The Morgan fingerprint density at radius 2 is 2.00 bits per heavy atom. The zero-order chi connectivity index (χ0) is 7.82. The molecule has 2 nitrogen and oxygen atoms in total. The maximum absolute atomic E-state index is 4.85. The molecule has 10 heavy (non-hydrogen) atoms. The van der Waals surface area contributed by atoms with Gasteiger partial charge in [-0.15, -0.1) is 0 Å². The smallest absolute Gasteiger partial charge is 0.0643 e. The van der Waals surface area contributed by atoms with Crippen molar-refractivity contribution < 1.29 is 4.74 Å². The zero-order valence-corrected chi connectivity index (χ0v) is 7.13. The second-order valence-electron chi connectivity index (χ2n) is 2.52. The molecule has 0 aliphatic rings. The van der Waals surface area contributed by atoms with Crippen molar-refractivity contribution >= 4 is 0 Å². The van der Waals surface area contributed by atoms with Crippen LogP contribution < -0.4 is 0 Å². The minimum Gasteiger partial charge on any atom is -0.381 e. The lowest BCUT2D eigenvalue weighted by Gasteiger charge is -2.05. The average Bonchev–Trinajstić information content (AvgIpc) is 1.87. The number of ether oxygens (including phenoxy) is 1. The van der Waals surface area contributed by atoms with E-state index in [0.717, 1.165) is 19.6 Å². The minimum atomic E-state index is 0.730. The molecule has 0 unspecified atom stereocenters. The van der Waals surface area contributed by atoms with Crippen molar-refractivity contribution in [1.82, 2.24) is 4.90 Å². The van der Waals surface area contributed by atoms with Gasteiger partial charge in [-0.2, -0.15) is 0 Å². The Bertz CT molecular complexity index is 89.3. The van der Waals surface area contributed by atoms with Crippen LogP contribution in [0.4, 0.5) is 0 Å². The SMILES string of the molecule is COC/C=C/CCN(C)C. The first kappa shape index (κ1) is 9.66. The Hall–Kier alpha value is -0.340. The summed E-state index contributed by atoms with van der Waals surface area (Å²) in [6.45, 7) is 1.84. The molecule has 60 valence electrons. The Morgan fingerprint density at radius 1 is 1.30 bits per heavy atom. The molecule has 2 heteroatoms. The van der Waals surface area contributed by atoms with Crippen molar-refractivity contribution in [2.75, 3.05) is 34.4 Å². The zero-order valence-electron chi connectivity index (χ0n) is 7.13. The highest BCUT2D eigenvalue weighted by atomic mass is 16.5. The monoisotopic (exact) mass is 143 g/mol. The summed E-state index contributed by atoms with van der Waals surface area (Å²) in [6.07, 6.45) is 5.30. The van der Waals surface area contributed by atoms with Crippen LogP contribution in [-0.4, -0.2) is 39.3 Å². The third-order valence-electron chi connectivity index (χ3n) is 1.17. The molecule has 0 spiro atoms. The van der Waals surface area contributed by atoms with Gasteiger partial charge in [0.1, 0.15) is 0 Å². The van der Waals surface area contributed by atoms with Crippen molar-refractivity contribution in [2.24, 2.45) is 0 Å². The summed E-state index contributed by atoms with van der Waals surface area (Å²) in [6, 6.07) is 0. The van der Waals surface area contributed by atoms with E-state index in [1.54, 1.807) is 7.11 Å². The largest absolute Gasteiger partial charge is 0.381 e. The Balaban J connectivity index is 3.02. The van der Waals surface area contributed by atoms with Gasteiger partial charge in [0.2, 0.25) is 0 Å². The lowest BCUT2D eigenvalue weighted by molar-refractivity contribution is 0.233. The number of hydrogen-bond acceptors (Lipinski definition) is 2. The summed E-state index contributed by atoms with van der Waals surface area (Å²) < 4.78 is 4.85. The first-order chi connectivity index (χ1) is 4.77. The first-order valence-corrected chi connectivity index (χ1v) is 3.56. The van der Waals surface area contributed by atoms with E-state index < -0.39 is 0 Å². The lowest BCUT2D eigenvalue weighted by atomic mass is 10.3. The van der Waals surface area contributed by atoms with Crippen LogP contribution in [0.25, 0.3) is 0 Å². The highest BCUT2D eigenvalue weighted by molar-refractivity contribution is 4.81. The predicted molar refractivity (Wildman–Crippen MR) is 44.2 cm³/mol. The van der Waals surface area contributed by atoms with Gasteiger partial charge in [-0.1, -0.05) is 12.2 Å². The molecule has 0 aromatic heterocycles. The quantitative estimate of drug-likeness (QED) is 0.535. The van der Waals surface area contributed by atoms with Crippen LogP contribution in [-0.2, 0) is 4.74 Å². The third-order valence-corrected chi connectivity index (χ3v) is 1.17. The summed E-state index contributed by atoms with van der Waals surface area (Å²) in [4.78, 5) is 2.16. The van der Waals surface area contributed by atoms with Gasteiger partial charge >= 0.3 is 0 Å². The van der Waals surface area contributed by atoms with Crippen LogP contribution in [0.2, 0.25) is 0 Å². The molecular formula is C8H17NO. The molecule has 0 bridgehead atoms. The molecule has 0 aliphatic heterocycles. The molecule has 0 atom stereocenters. The van der Waals surface area contributed by atoms with Gasteiger partial charge < -0.3 is 9.64 Å². The van der Waals surface area contributed by atoms with Crippen LogP contribution >= 0.6 is 0 Å². The van der Waals surface area contributed by atoms with Crippen LogP contribution in [0.15, 0.2) is 12.2 Å². The van der Waals surface area contributed by atoms with Gasteiger partial charge in [-0.05, 0) is 20.5 Å². The van der Waals surface area contributed by atoms with Crippen molar-refractivity contribution in [2.45, 2.75) is 6.42 Å². The van der Waals surface area contributed by atoms with Gasteiger partial charge in [-0.3, -0.25) is 0 Å². The molecule has 0 aromatic carbocycles. The lowest BCUT2D eigenvalue weighted by Crippen LogP contribution is -2.11. The molecule has 0 heterocycles. The number of nitrogens with zero attached hydrogens (tertiary/aromatic N) is 1. The highest BCUT2D eigenvalue weighted by Crippen LogP contribution is 1.85. The molecule has 0 radical (unpaired) electrons. The van der Waals surface area contributed by atoms with Gasteiger partial charge in [0.05, 0.1) is 6.61 Å². The Labute approximate surface area is 63.5 Å². The van der Waals surface area contributed by atoms with Gasteiger partial charge in [0.25, 0.3) is 0 Å². The van der Waals surface area contributed by atoms with Crippen LogP contribution in [0.5, 0.6) is 0 Å². The Morgan fingerprint density at radius 3 is 2.50 bits per heavy atom. The van der Waals surface area contributed by atoms with E-state index in [2.05, 4.69) is 25.1 Å². The second kappa shape index (κ2) is 6.78. The van der Waals surface area contributed by atoms with Crippen LogP contribution in [0.1, 0.15) is 6.42 Å². The first-order valence-electron chi connectivity index (χ1n) is 3.56. The summed E-state index contributed by atoms with van der Waals surface area (Å²) >= 11 is 0. The van der Waals surface area contributed by atoms with Crippen molar-refractivity contribution in [1.29, 1.82) is 0 Å². The summed E-state index contributed by atoms with van der Waals surface area (Å²) in [5, 5.41) is 0. The van der Waals surface area contributed by atoms with E-state index in [0.29, 0.717) is 0 Å². The molecule has 0 aliphatic carbocycles. The molecule has 0 saturated carbocycles. The standard InChI is InChI=1S/C8H17NO/c1-9(2)7-5-4-6-8-10-3/h4,6H,5,7-8H2,1-3H3/b6-4+. The molecule has 0 amide bonds. The van der Waals surface area contributed by atoms with Crippen LogP contribution in [0.3, 0.4) is 0 Å². The summed E-state index contributed by atoms with van der Waals surface area (Å²) in [5.41, 5.74) is 0. The number of rotatable bonds is 5. The van der Waals surface area contributed by atoms with E-state index in [-0.39, 0.29) is 0 Å². The van der Waals surface area contributed by atoms with E-state index in [1.165, 1.54) is 0 Å². The van der Waals surface area contributed by atoms with Crippen molar-refractivity contribution in [3.63, 3.8) is 0 Å². The maximum atomic E-state index is 4.85. The van der Waals surface area contributed by atoms with Gasteiger partial charge in [-0.25, -0.2) is 0 Å². The predicted octanol–water partition coefficient (Wildman–Crippen LogP) is 1.14. The summed E-state index contributed by atoms with van der Waals surface area (Å²) in [5.74, 6) is 0. The molecule has 0 N–H and O–H groups in total. The van der Waals surface area contributed by atoms with Gasteiger partial charge in [0, 0.05) is 13.7 Å².